The molecular formula is C31H33N3O4S. The number of para-hydroxylation sites is 1. The van der Waals surface area contributed by atoms with Crippen LogP contribution in [0.3, 0.4) is 0 Å². The summed E-state index contributed by atoms with van der Waals surface area (Å²) in [7, 11) is 3.13. The molecule has 8 heteroatoms. The van der Waals surface area contributed by atoms with Crippen LogP contribution in [0.15, 0.2) is 72.2 Å². The second-order valence-corrected chi connectivity index (χ2v) is 10.8. The number of thiophene rings is 1. The summed E-state index contributed by atoms with van der Waals surface area (Å²) in [6, 6.07) is 18.1. The Balaban J connectivity index is 1.62. The van der Waals surface area contributed by atoms with E-state index >= 15 is 0 Å². The minimum absolute atomic E-state index is 0.0814. The molecule has 202 valence electrons. The van der Waals surface area contributed by atoms with Crippen LogP contribution in [0.5, 0.6) is 11.5 Å². The highest BCUT2D eigenvalue weighted by molar-refractivity contribution is 7.10. The Morgan fingerprint density at radius 2 is 1.79 bits per heavy atom. The fourth-order valence-corrected chi connectivity index (χ4v) is 5.94. The molecule has 2 amide bonds. The predicted molar refractivity (Wildman–Crippen MR) is 155 cm³/mol. The van der Waals surface area contributed by atoms with E-state index < -0.39 is 6.04 Å². The van der Waals surface area contributed by atoms with Crippen molar-refractivity contribution in [3.8, 4) is 11.5 Å². The molecule has 1 unspecified atom stereocenters. The first kappa shape index (κ1) is 26.7. The van der Waals surface area contributed by atoms with E-state index in [0.717, 1.165) is 41.5 Å². The van der Waals surface area contributed by atoms with Crippen LogP contribution in [0.25, 0.3) is 10.9 Å². The number of hydrogen-bond donors (Lipinski definition) is 1. The third-order valence-corrected chi connectivity index (χ3v) is 8.09. The third-order valence-electron chi connectivity index (χ3n) is 7.21. The summed E-state index contributed by atoms with van der Waals surface area (Å²) in [5.74, 6) is 0.638. The molecule has 1 saturated carbocycles. The van der Waals surface area contributed by atoms with Gasteiger partial charge in [0.25, 0.3) is 0 Å². The van der Waals surface area contributed by atoms with Crippen molar-refractivity contribution >= 4 is 39.7 Å². The number of hydrogen-bond acceptors (Lipinski definition) is 6. The highest BCUT2D eigenvalue weighted by atomic mass is 32.1. The summed E-state index contributed by atoms with van der Waals surface area (Å²) >= 11 is 1.52. The second kappa shape index (κ2) is 12.3. The van der Waals surface area contributed by atoms with E-state index in [1.807, 2.05) is 53.9 Å². The van der Waals surface area contributed by atoms with Crippen molar-refractivity contribution in [1.82, 2.24) is 10.3 Å². The lowest BCUT2D eigenvalue weighted by atomic mass is 9.94. The van der Waals surface area contributed by atoms with Crippen LogP contribution in [0.2, 0.25) is 0 Å². The van der Waals surface area contributed by atoms with Gasteiger partial charge in [0.1, 0.15) is 6.04 Å². The average Bonchev–Trinajstić information content (AvgIpc) is 3.48. The number of ether oxygens (including phenoxy) is 2. The first-order valence-electron chi connectivity index (χ1n) is 13.3. The number of amides is 2. The van der Waals surface area contributed by atoms with Gasteiger partial charge in [-0.15, -0.1) is 11.3 Å². The molecule has 7 nitrogen and oxygen atoms in total. The van der Waals surface area contributed by atoms with Crippen LogP contribution in [-0.2, 0) is 16.0 Å². The normalized spacial score (nSPS) is 14.5. The number of rotatable bonds is 9. The number of nitrogens with one attached hydrogen (secondary N) is 1. The van der Waals surface area contributed by atoms with Crippen molar-refractivity contribution in [2.45, 2.75) is 50.6 Å². The highest BCUT2D eigenvalue weighted by Gasteiger charge is 2.35. The molecule has 0 saturated heterocycles. The number of anilines is 1. The number of carbonyl (C=O) groups excluding carboxylic acids is 2. The Morgan fingerprint density at radius 3 is 2.54 bits per heavy atom. The number of nitrogens with zero attached hydrogens (tertiary/aromatic N) is 2. The molecule has 0 bridgehead atoms. The summed E-state index contributed by atoms with van der Waals surface area (Å²) in [5, 5.41) is 6.10. The van der Waals surface area contributed by atoms with Crippen LogP contribution in [-0.4, -0.2) is 37.1 Å². The van der Waals surface area contributed by atoms with Gasteiger partial charge in [0.2, 0.25) is 11.8 Å². The number of methoxy groups -OCH3 is 2. The van der Waals surface area contributed by atoms with E-state index in [9.17, 15) is 9.59 Å². The Hall–Kier alpha value is -3.91. The van der Waals surface area contributed by atoms with E-state index in [4.69, 9.17) is 9.47 Å². The number of fused-ring (bicyclic) bond motifs is 1. The molecule has 2 aromatic carbocycles. The Kier molecular flexibility index (Phi) is 8.42. The van der Waals surface area contributed by atoms with Crippen molar-refractivity contribution in [3.05, 3.63) is 82.7 Å². The van der Waals surface area contributed by atoms with Crippen molar-refractivity contribution in [1.29, 1.82) is 0 Å². The fraction of sp³-hybridized carbons (Fsp3) is 0.323. The molecule has 2 heterocycles. The lowest BCUT2D eigenvalue weighted by Gasteiger charge is -2.33. The number of benzene rings is 2. The smallest absolute Gasteiger partial charge is 0.248 e. The summed E-state index contributed by atoms with van der Waals surface area (Å²) < 4.78 is 11.0. The zero-order valence-corrected chi connectivity index (χ0v) is 23.1. The lowest BCUT2D eigenvalue weighted by molar-refractivity contribution is -0.127. The zero-order chi connectivity index (χ0) is 27.2. The first-order chi connectivity index (χ1) is 19.1. The molecule has 1 fully saturated rings. The van der Waals surface area contributed by atoms with Crippen LogP contribution in [0.1, 0.15) is 48.6 Å². The van der Waals surface area contributed by atoms with Crippen molar-refractivity contribution in [2.75, 3.05) is 19.1 Å². The topological polar surface area (TPSA) is 80.8 Å². The monoisotopic (exact) mass is 543 g/mol. The fourth-order valence-electron chi connectivity index (χ4n) is 5.24. The Labute approximate surface area is 232 Å². The minimum atomic E-state index is -0.929. The van der Waals surface area contributed by atoms with E-state index in [0.29, 0.717) is 22.7 Å². The standard InChI is InChI=1S/C31H33N3O4S/c1-37-27-15-14-22(18-28(27)38-2)30(31(36)33-23-10-4-3-5-11-23)34(29(35)19-25-12-8-16-39-25)24-17-21-9-6-7-13-26(21)32-20-24/h6-9,12-18,20,23,30H,3-5,10-11,19H2,1-2H3,(H,33,36). The largest absolute Gasteiger partial charge is 0.493 e. The SMILES string of the molecule is COc1ccc(C(C(=O)NC2CCCCC2)N(C(=O)Cc2cccs2)c2cnc3ccccc3c2)cc1OC. The van der Waals surface area contributed by atoms with E-state index in [1.165, 1.54) is 17.8 Å². The predicted octanol–water partition coefficient (Wildman–Crippen LogP) is 6.08. The van der Waals surface area contributed by atoms with E-state index in [1.54, 1.807) is 37.4 Å². The van der Waals surface area contributed by atoms with Crippen LogP contribution < -0.4 is 19.7 Å². The molecule has 0 spiro atoms. The zero-order valence-electron chi connectivity index (χ0n) is 22.3. The van der Waals surface area contributed by atoms with Gasteiger partial charge in [0.15, 0.2) is 11.5 Å². The number of aromatic nitrogens is 1. The van der Waals surface area contributed by atoms with Crippen molar-refractivity contribution < 1.29 is 19.1 Å². The van der Waals surface area contributed by atoms with Gasteiger partial charge < -0.3 is 14.8 Å². The first-order valence-corrected chi connectivity index (χ1v) is 14.2. The maximum Gasteiger partial charge on any atom is 0.248 e. The van der Waals surface area contributed by atoms with Gasteiger partial charge in [-0.1, -0.05) is 49.6 Å². The molecule has 0 aliphatic heterocycles. The summed E-state index contributed by atoms with van der Waals surface area (Å²) in [6.07, 6.45) is 7.07. The molecule has 4 aromatic rings. The van der Waals surface area contributed by atoms with Gasteiger partial charge >= 0.3 is 0 Å². The molecule has 5 rings (SSSR count). The second-order valence-electron chi connectivity index (χ2n) is 9.77. The Morgan fingerprint density at radius 1 is 1.00 bits per heavy atom. The molecule has 39 heavy (non-hydrogen) atoms. The molecule has 0 radical (unpaired) electrons. The summed E-state index contributed by atoms with van der Waals surface area (Å²) in [6.45, 7) is 0. The van der Waals surface area contributed by atoms with Crippen molar-refractivity contribution in [3.63, 3.8) is 0 Å². The van der Waals surface area contributed by atoms with Crippen LogP contribution in [0, 0.1) is 0 Å². The van der Waals surface area contributed by atoms with E-state index in [2.05, 4.69) is 10.3 Å². The highest BCUT2D eigenvalue weighted by Crippen LogP contribution is 2.36. The Bertz CT molecular complexity index is 1430. The molecule has 1 aliphatic carbocycles. The third kappa shape index (κ3) is 6.06. The molecule has 1 atom stereocenters. The van der Waals surface area contributed by atoms with Crippen LogP contribution >= 0.6 is 11.3 Å². The average molecular weight is 544 g/mol. The molecular weight excluding hydrogens is 510 g/mol. The van der Waals surface area contributed by atoms with Gasteiger partial charge in [-0.05, 0) is 54.1 Å². The number of pyridine rings is 1. The molecule has 2 aromatic heterocycles. The van der Waals surface area contributed by atoms with Gasteiger partial charge in [-0.25, -0.2) is 0 Å². The van der Waals surface area contributed by atoms with Crippen LogP contribution in [0.4, 0.5) is 5.69 Å². The van der Waals surface area contributed by atoms with Gasteiger partial charge in [0.05, 0.1) is 38.0 Å². The summed E-state index contributed by atoms with van der Waals surface area (Å²) in [5.41, 5.74) is 2.02. The lowest BCUT2D eigenvalue weighted by Crippen LogP contribution is -2.47. The minimum Gasteiger partial charge on any atom is -0.493 e. The van der Waals surface area contributed by atoms with Crippen molar-refractivity contribution in [2.24, 2.45) is 0 Å². The maximum absolute atomic E-state index is 14.2. The summed E-state index contributed by atoms with van der Waals surface area (Å²) in [4.78, 5) is 35.4. The van der Waals surface area contributed by atoms with Gasteiger partial charge in [-0.3, -0.25) is 19.5 Å². The van der Waals surface area contributed by atoms with Gasteiger partial charge in [0, 0.05) is 16.3 Å². The number of carbonyl (C=O) groups is 2. The van der Waals surface area contributed by atoms with Gasteiger partial charge in [-0.2, -0.15) is 0 Å². The molecule has 1 N–H and O–H groups in total. The quantitative estimate of drug-likeness (QED) is 0.277. The maximum atomic E-state index is 14.2. The van der Waals surface area contributed by atoms with E-state index in [-0.39, 0.29) is 24.3 Å². The molecule has 1 aliphatic rings.